The molecule has 126 valence electrons. The largest absolute Gasteiger partial charge is 0.357 e. The van der Waals surface area contributed by atoms with Gasteiger partial charge in [0.25, 0.3) is 0 Å². The molecule has 1 aromatic carbocycles. The minimum absolute atomic E-state index is 0.640. The number of nitrogens with one attached hydrogen (secondary N) is 2. The van der Waals surface area contributed by atoms with E-state index in [9.17, 15) is 0 Å². The van der Waals surface area contributed by atoms with Gasteiger partial charge in [-0.3, -0.25) is 0 Å². The van der Waals surface area contributed by atoms with Gasteiger partial charge in [0.1, 0.15) is 5.82 Å². The first-order chi connectivity index (χ1) is 11.7. The van der Waals surface area contributed by atoms with Gasteiger partial charge in [-0.1, -0.05) is 13.3 Å². The number of aromatic amines is 1. The second-order valence-electron chi connectivity index (χ2n) is 5.72. The first-order valence-electron chi connectivity index (χ1n) is 8.56. The van der Waals surface area contributed by atoms with Gasteiger partial charge in [-0.15, -0.1) is 0 Å². The van der Waals surface area contributed by atoms with Crippen LogP contribution in [0.15, 0.2) is 30.6 Å². The predicted octanol–water partition coefficient (Wildman–Crippen LogP) is 3.90. The van der Waals surface area contributed by atoms with Crippen molar-refractivity contribution in [2.24, 2.45) is 0 Å². The molecule has 0 saturated carbocycles. The fraction of sp³-hybridized carbons (Fsp3) is 0.389. The molecule has 2 heterocycles. The number of hydrogen-bond donors (Lipinski definition) is 2. The second-order valence-corrected chi connectivity index (χ2v) is 5.72. The first-order valence-corrected chi connectivity index (χ1v) is 8.56. The Labute approximate surface area is 142 Å². The molecule has 0 atom stereocenters. The number of aromatic nitrogens is 4. The van der Waals surface area contributed by atoms with Gasteiger partial charge in [0.15, 0.2) is 0 Å². The van der Waals surface area contributed by atoms with Crippen LogP contribution in [0.3, 0.4) is 0 Å². The zero-order valence-corrected chi connectivity index (χ0v) is 14.5. The van der Waals surface area contributed by atoms with E-state index >= 15 is 0 Å². The summed E-state index contributed by atoms with van der Waals surface area (Å²) in [5.74, 6) is 1.62. The first kappa shape index (κ1) is 16.2. The topological polar surface area (TPSA) is 69.7 Å². The van der Waals surface area contributed by atoms with Gasteiger partial charge >= 0.3 is 0 Å². The summed E-state index contributed by atoms with van der Waals surface area (Å²) in [5, 5.41) is 3.33. The average Bonchev–Trinajstić information content (AvgIpc) is 3.04. The summed E-state index contributed by atoms with van der Waals surface area (Å²) in [7, 11) is 0. The normalized spacial score (nSPS) is 11.0. The lowest BCUT2D eigenvalue weighted by atomic mass is 10.2. The maximum atomic E-state index is 4.70. The smallest absolute Gasteiger partial charge is 0.229 e. The maximum Gasteiger partial charge on any atom is 0.229 e. The molecule has 2 aromatic heterocycles. The summed E-state index contributed by atoms with van der Waals surface area (Å²) >= 11 is 0. The summed E-state index contributed by atoms with van der Waals surface area (Å²) < 4.78 is 0. The van der Waals surface area contributed by atoms with Crippen molar-refractivity contribution in [1.29, 1.82) is 0 Å². The molecule has 2 N–H and O–H groups in total. The Kier molecular flexibility index (Phi) is 4.93. The zero-order valence-electron chi connectivity index (χ0n) is 14.5. The highest BCUT2D eigenvalue weighted by molar-refractivity contribution is 5.79. The monoisotopic (exact) mass is 324 g/mol. The fourth-order valence-corrected chi connectivity index (χ4v) is 2.78. The number of H-pyrrole nitrogens is 1. The van der Waals surface area contributed by atoms with Crippen LogP contribution in [0, 0.1) is 0 Å². The highest BCUT2D eigenvalue weighted by atomic mass is 15.2. The van der Waals surface area contributed by atoms with E-state index in [0.29, 0.717) is 5.95 Å². The Bertz CT molecular complexity index is 806. The number of nitrogens with zero attached hydrogens (tertiary/aromatic N) is 4. The van der Waals surface area contributed by atoms with E-state index in [4.69, 9.17) is 4.98 Å². The molecule has 3 rings (SSSR count). The molecule has 0 spiro atoms. The highest BCUT2D eigenvalue weighted by Gasteiger charge is 2.10. The molecule has 0 radical (unpaired) electrons. The highest BCUT2D eigenvalue weighted by Crippen LogP contribution is 2.21. The molecule has 3 aromatic rings. The van der Waals surface area contributed by atoms with Crippen molar-refractivity contribution >= 4 is 28.5 Å². The molecule has 24 heavy (non-hydrogen) atoms. The van der Waals surface area contributed by atoms with Gasteiger partial charge in [0.2, 0.25) is 5.95 Å². The van der Waals surface area contributed by atoms with Gasteiger partial charge in [-0.2, -0.15) is 4.98 Å². The Morgan fingerprint density at radius 3 is 2.67 bits per heavy atom. The number of anilines is 3. The lowest BCUT2D eigenvalue weighted by Gasteiger charge is -2.21. The van der Waals surface area contributed by atoms with Crippen LogP contribution in [0.4, 0.5) is 17.5 Å². The van der Waals surface area contributed by atoms with Crippen molar-refractivity contribution in [2.45, 2.75) is 33.6 Å². The minimum Gasteiger partial charge on any atom is -0.357 e. The van der Waals surface area contributed by atoms with E-state index in [2.05, 4.69) is 52.0 Å². The molecule has 0 aliphatic rings. The number of imidazole rings is 1. The van der Waals surface area contributed by atoms with Crippen LogP contribution >= 0.6 is 0 Å². The van der Waals surface area contributed by atoms with Crippen LogP contribution in [-0.4, -0.2) is 33.0 Å². The molecule has 0 aliphatic carbocycles. The third-order valence-corrected chi connectivity index (χ3v) is 4.04. The molecule has 0 bridgehead atoms. The Morgan fingerprint density at radius 2 is 1.92 bits per heavy atom. The standard InChI is InChI=1S/C18H24N6/c1-4-7-13-11-17(24(5-2)6-3)23-18(21-13)22-14-8-9-15-16(10-14)20-12-19-15/h8-12H,4-7H2,1-3H3,(H,19,20)(H,21,22,23). The Hall–Kier alpha value is -2.63. The molecular formula is C18H24N6. The van der Waals surface area contributed by atoms with E-state index in [1.54, 1.807) is 6.33 Å². The van der Waals surface area contributed by atoms with E-state index in [1.807, 2.05) is 18.2 Å². The average molecular weight is 324 g/mol. The Morgan fingerprint density at radius 1 is 1.08 bits per heavy atom. The van der Waals surface area contributed by atoms with Gasteiger partial charge < -0.3 is 15.2 Å². The molecule has 0 fully saturated rings. The number of fused-ring (bicyclic) bond motifs is 1. The van der Waals surface area contributed by atoms with Crippen molar-refractivity contribution in [2.75, 3.05) is 23.3 Å². The lowest BCUT2D eigenvalue weighted by Crippen LogP contribution is -2.23. The van der Waals surface area contributed by atoms with Gasteiger partial charge in [-0.25, -0.2) is 9.97 Å². The number of rotatable bonds is 7. The van der Waals surface area contributed by atoms with Crippen molar-refractivity contribution in [3.8, 4) is 0 Å². The SMILES string of the molecule is CCCc1cc(N(CC)CC)nc(Nc2ccc3nc[nH]c3c2)n1. The maximum absolute atomic E-state index is 4.70. The van der Waals surface area contributed by atoms with E-state index < -0.39 is 0 Å². The second kappa shape index (κ2) is 7.29. The summed E-state index contributed by atoms with van der Waals surface area (Å²) in [5.41, 5.74) is 3.96. The summed E-state index contributed by atoms with van der Waals surface area (Å²) in [6, 6.07) is 8.10. The molecule has 0 saturated heterocycles. The summed E-state index contributed by atoms with van der Waals surface area (Å²) in [6.07, 6.45) is 3.71. The van der Waals surface area contributed by atoms with E-state index in [0.717, 1.165) is 54.2 Å². The third kappa shape index (κ3) is 3.48. The van der Waals surface area contributed by atoms with Crippen LogP contribution in [0.1, 0.15) is 32.9 Å². The van der Waals surface area contributed by atoms with Crippen molar-refractivity contribution in [1.82, 2.24) is 19.9 Å². The fourth-order valence-electron chi connectivity index (χ4n) is 2.78. The predicted molar refractivity (Wildman–Crippen MR) is 99.0 cm³/mol. The lowest BCUT2D eigenvalue weighted by molar-refractivity contribution is 0.824. The van der Waals surface area contributed by atoms with E-state index in [-0.39, 0.29) is 0 Å². The minimum atomic E-state index is 0.640. The van der Waals surface area contributed by atoms with Crippen LogP contribution in [0.2, 0.25) is 0 Å². The molecule has 6 heteroatoms. The summed E-state index contributed by atoms with van der Waals surface area (Å²) in [4.78, 5) is 19.0. The van der Waals surface area contributed by atoms with Crippen molar-refractivity contribution < 1.29 is 0 Å². The van der Waals surface area contributed by atoms with Crippen molar-refractivity contribution in [3.05, 3.63) is 36.3 Å². The molecule has 0 unspecified atom stereocenters. The third-order valence-electron chi connectivity index (χ3n) is 4.04. The summed E-state index contributed by atoms with van der Waals surface area (Å²) in [6.45, 7) is 8.31. The van der Waals surface area contributed by atoms with Crippen molar-refractivity contribution in [3.63, 3.8) is 0 Å². The number of aryl methyl sites for hydroxylation is 1. The number of benzene rings is 1. The van der Waals surface area contributed by atoms with Gasteiger partial charge in [0.05, 0.1) is 17.4 Å². The zero-order chi connectivity index (χ0) is 16.9. The van der Waals surface area contributed by atoms with Crippen LogP contribution in [-0.2, 0) is 6.42 Å². The Balaban J connectivity index is 1.92. The van der Waals surface area contributed by atoms with Gasteiger partial charge in [-0.05, 0) is 38.5 Å². The van der Waals surface area contributed by atoms with Crippen LogP contribution in [0.25, 0.3) is 11.0 Å². The molecule has 0 amide bonds. The van der Waals surface area contributed by atoms with Gasteiger partial charge in [0, 0.05) is 30.5 Å². The van der Waals surface area contributed by atoms with E-state index in [1.165, 1.54) is 0 Å². The number of hydrogen-bond acceptors (Lipinski definition) is 5. The molecular weight excluding hydrogens is 300 g/mol. The van der Waals surface area contributed by atoms with Crippen LogP contribution in [0.5, 0.6) is 0 Å². The quantitative estimate of drug-likeness (QED) is 0.690. The van der Waals surface area contributed by atoms with Crippen LogP contribution < -0.4 is 10.2 Å². The molecule has 0 aliphatic heterocycles. The molecule has 6 nitrogen and oxygen atoms in total.